The van der Waals surface area contributed by atoms with Crippen LogP contribution in [0, 0.1) is 12.3 Å². The van der Waals surface area contributed by atoms with Crippen molar-refractivity contribution in [1.29, 1.82) is 0 Å². The van der Waals surface area contributed by atoms with Gasteiger partial charge in [-0.15, -0.1) is 6.42 Å². The van der Waals surface area contributed by atoms with Gasteiger partial charge in [-0.25, -0.2) is 0 Å². The van der Waals surface area contributed by atoms with Crippen molar-refractivity contribution >= 4 is 0 Å². The molecule has 0 bridgehead atoms. The van der Waals surface area contributed by atoms with Gasteiger partial charge in [0.25, 0.3) is 0 Å². The molecule has 0 radical (unpaired) electrons. The van der Waals surface area contributed by atoms with Crippen molar-refractivity contribution in [2.45, 2.75) is 6.04 Å². The molecule has 0 aliphatic carbocycles. The van der Waals surface area contributed by atoms with Gasteiger partial charge in [-0.1, -0.05) is 12.0 Å². The number of hydrogen-bond donors (Lipinski definition) is 2. The number of aromatic nitrogens is 1. The number of rotatable bonds is 4. The summed E-state index contributed by atoms with van der Waals surface area (Å²) < 4.78 is 0. The highest BCUT2D eigenvalue weighted by Crippen LogP contribution is 2.08. The molecule has 3 N–H and O–H groups in total. The van der Waals surface area contributed by atoms with E-state index in [2.05, 4.69) is 16.2 Å². The molecule has 0 amide bonds. The highest BCUT2D eigenvalue weighted by molar-refractivity contribution is 5.14. The molecule has 1 atom stereocenters. The smallest absolute Gasteiger partial charge is 0.0578 e. The lowest BCUT2D eigenvalue weighted by atomic mass is 10.1. The summed E-state index contributed by atoms with van der Waals surface area (Å²) in [5, 5.41) is 3.13. The second kappa shape index (κ2) is 5.31. The van der Waals surface area contributed by atoms with E-state index in [-0.39, 0.29) is 6.04 Å². The lowest BCUT2D eigenvalue weighted by Crippen LogP contribution is -2.28. The summed E-state index contributed by atoms with van der Waals surface area (Å²) in [6, 6.07) is 3.97. The maximum absolute atomic E-state index is 5.59. The van der Waals surface area contributed by atoms with E-state index in [0.29, 0.717) is 13.1 Å². The molecule has 1 rings (SSSR count). The zero-order valence-corrected chi connectivity index (χ0v) is 7.40. The molecule has 0 saturated heterocycles. The fourth-order valence-corrected chi connectivity index (χ4v) is 1.10. The van der Waals surface area contributed by atoms with Crippen LogP contribution in [0.2, 0.25) is 0 Å². The van der Waals surface area contributed by atoms with Gasteiger partial charge in [0.05, 0.1) is 6.54 Å². The Hall–Kier alpha value is -1.37. The quantitative estimate of drug-likeness (QED) is 0.647. The zero-order chi connectivity index (χ0) is 9.52. The molecular formula is C10H13N3. The Kier molecular flexibility index (Phi) is 3.97. The molecule has 1 heterocycles. The first-order valence-electron chi connectivity index (χ1n) is 4.15. The van der Waals surface area contributed by atoms with Crippen molar-refractivity contribution in [3.05, 3.63) is 30.1 Å². The van der Waals surface area contributed by atoms with Gasteiger partial charge in [-0.05, 0) is 11.6 Å². The molecule has 1 aromatic rings. The van der Waals surface area contributed by atoms with Crippen molar-refractivity contribution in [1.82, 2.24) is 10.3 Å². The first kappa shape index (κ1) is 9.72. The van der Waals surface area contributed by atoms with Crippen LogP contribution < -0.4 is 11.1 Å². The second-order valence-electron chi connectivity index (χ2n) is 2.66. The third kappa shape index (κ3) is 2.86. The minimum Gasteiger partial charge on any atom is -0.329 e. The average Bonchev–Trinajstić information content (AvgIpc) is 2.21. The van der Waals surface area contributed by atoms with Gasteiger partial charge >= 0.3 is 0 Å². The van der Waals surface area contributed by atoms with E-state index in [1.165, 1.54) is 0 Å². The van der Waals surface area contributed by atoms with E-state index < -0.39 is 0 Å². The van der Waals surface area contributed by atoms with Crippen molar-refractivity contribution in [3.8, 4) is 12.3 Å². The van der Waals surface area contributed by atoms with E-state index in [0.717, 1.165) is 5.56 Å². The highest BCUT2D eigenvalue weighted by Gasteiger charge is 2.06. The van der Waals surface area contributed by atoms with Crippen LogP contribution in [0.4, 0.5) is 0 Å². The monoisotopic (exact) mass is 175 g/mol. The Morgan fingerprint density at radius 2 is 2.54 bits per heavy atom. The molecule has 1 unspecified atom stereocenters. The number of nitrogens with two attached hydrogens (primary N) is 1. The van der Waals surface area contributed by atoms with Gasteiger partial charge in [0.1, 0.15) is 0 Å². The Bertz CT molecular complexity index is 276. The standard InChI is InChI=1S/C10H13N3/c1-2-5-13-10(7-11)9-4-3-6-12-8-9/h1,3-4,6,8,10,13H,5,7,11H2. The fourth-order valence-electron chi connectivity index (χ4n) is 1.10. The summed E-state index contributed by atoms with van der Waals surface area (Å²) in [6.45, 7) is 1.05. The van der Waals surface area contributed by atoms with Crippen LogP contribution in [0.25, 0.3) is 0 Å². The number of nitrogens with zero attached hydrogens (tertiary/aromatic N) is 1. The van der Waals surface area contributed by atoms with Gasteiger partial charge in [-0.2, -0.15) is 0 Å². The van der Waals surface area contributed by atoms with E-state index in [4.69, 9.17) is 12.2 Å². The molecule has 68 valence electrons. The third-order valence-electron chi connectivity index (χ3n) is 1.77. The van der Waals surface area contributed by atoms with Gasteiger partial charge in [0, 0.05) is 25.0 Å². The third-order valence-corrected chi connectivity index (χ3v) is 1.77. The normalized spacial score (nSPS) is 12.0. The SMILES string of the molecule is C#CCNC(CN)c1cccnc1. The van der Waals surface area contributed by atoms with Crippen molar-refractivity contribution in [2.75, 3.05) is 13.1 Å². The van der Waals surface area contributed by atoms with E-state index in [1.54, 1.807) is 12.4 Å². The summed E-state index contributed by atoms with van der Waals surface area (Å²) in [7, 11) is 0. The Labute approximate surface area is 78.4 Å². The lowest BCUT2D eigenvalue weighted by Gasteiger charge is -2.14. The summed E-state index contributed by atoms with van der Waals surface area (Å²) in [5.74, 6) is 2.52. The van der Waals surface area contributed by atoms with E-state index in [9.17, 15) is 0 Å². The predicted molar refractivity (Wildman–Crippen MR) is 52.9 cm³/mol. The first-order valence-corrected chi connectivity index (χ1v) is 4.15. The van der Waals surface area contributed by atoms with Gasteiger partial charge < -0.3 is 5.73 Å². The van der Waals surface area contributed by atoms with E-state index >= 15 is 0 Å². The van der Waals surface area contributed by atoms with Crippen LogP contribution in [-0.4, -0.2) is 18.1 Å². The molecule has 0 aliphatic rings. The molecule has 0 aromatic carbocycles. The zero-order valence-electron chi connectivity index (χ0n) is 7.40. The Morgan fingerprint density at radius 3 is 3.08 bits per heavy atom. The number of hydrogen-bond acceptors (Lipinski definition) is 3. The summed E-state index contributed by atoms with van der Waals surface area (Å²) in [5.41, 5.74) is 6.66. The molecule has 3 nitrogen and oxygen atoms in total. The van der Waals surface area contributed by atoms with Crippen LogP contribution in [0.15, 0.2) is 24.5 Å². The maximum atomic E-state index is 5.59. The molecule has 13 heavy (non-hydrogen) atoms. The average molecular weight is 175 g/mol. The molecule has 0 saturated carbocycles. The second-order valence-corrected chi connectivity index (χ2v) is 2.66. The molecule has 3 heteroatoms. The molecule has 1 aromatic heterocycles. The fraction of sp³-hybridized carbons (Fsp3) is 0.300. The molecule has 0 fully saturated rings. The van der Waals surface area contributed by atoms with Gasteiger partial charge in [0.2, 0.25) is 0 Å². The maximum Gasteiger partial charge on any atom is 0.0578 e. The minimum absolute atomic E-state index is 0.102. The van der Waals surface area contributed by atoms with Crippen molar-refractivity contribution < 1.29 is 0 Å². The van der Waals surface area contributed by atoms with Crippen LogP contribution in [0.5, 0.6) is 0 Å². The predicted octanol–water partition coefficient (Wildman–Crippen LogP) is 0.304. The number of terminal acetylenes is 1. The first-order chi connectivity index (χ1) is 6.38. The van der Waals surface area contributed by atoms with Crippen molar-refractivity contribution in [3.63, 3.8) is 0 Å². The molecule has 0 spiro atoms. The largest absolute Gasteiger partial charge is 0.329 e. The number of pyridine rings is 1. The topological polar surface area (TPSA) is 50.9 Å². The number of nitrogens with one attached hydrogen (secondary N) is 1. The molecule has 0 aliphatic heterocycles. The summed E-state index contributed by atoms with van der Waals surface area (Å²) >= 11 is 0. The van der Waals surface area contributed by atoms with Crippen LogP contribution in [0.3, 0.4) is 0 Å². The summed E-state index contributed by atoms with van der Waals surface area (Å²) in [6.07, 6.45) is 8.67. The highest BCUT2D eigenvalue weighted by atomic mass is 14.9. The van der Waals surface area contributed by atoms with Crippen LogP contribution >= 0.6 is 0 Å². The minimum atomic E-state index is 0.102. The summed E-state index contributed by atoms with van der Waals surface area (Å²) in [4.78, 5) is 4.01. The van der Waals surface area contributed by atoms with Crippen molar-refractivity contribution in [2.24, 2.45) is 5.73 Å². The lowest BCUT2D eigenvalue weighted by molar-refractivity contribution is 0.580. The van der Waals surface area contributed by atoms with E-state index in [1.807, 2.05) is 12.1 Å². The van der Waals surface area contributed by atoms with Gasteiger partial charge in [0.15, 0.2) is 0 Å². The Morgan fingerprint density at radius 1 is 1.69 bits per heavy atom. The Balaban J connectivity index is 2.63. The van der Waals surface area contributed by atoms with Crippen LogP contribution in [0.1, 0.15) is 11.6 Å². The van der Waals surface area contributed by atoms with Crippen LogP contribution in [-0.2, 0) is 0 Å². The van der Waals surface area contributed by atoms with Gasteiger partial charge in [-0.3, -0.25) is 10.3 Å². The molecular weight excluding hydrogens is 162 g/mol.